The maximum Gasteiger partial charge on any atom is 0.360 e. The van der Waals surface area contributed by atoms with Gasteiger partial charge in [-0.2, -0.15) is 0 Å². The van der Waals surface area contributed by atoms with Crippen LogP contribution in [0.1, 0.15) is 74.5 Å². The van der Waals surface area contributed by atoms with Gasteiger partial charge in [0.1, 0.15) is 0 Å². The van der Waals surface area contributed by atoms with E-state index >= 15 is 0 Å². The first-order valence-corrected chi connectivity index (χ1v) is 9.97. The molecule has 2 heterocycles. The minimum Gasteiger partial charge on any atom is -0.461 e. The number of aliphatic hydroxyl groups excluding tert-OH is 1. The van der Waals surface area contributed by atoms with E-state index in [1.807, 2.05) is 13.8 Å². The van der Waals surface area contributed by atoms with Gasteiger partial charge in [0.05, 0.1) is 18.4 Å². The molecule has 0 atom stereocenters. The lowest BCUT2D eigenvalue weighted by Gasteiger charge is -2.40. The molecule has 3 aliphatic rings. The molecule has 26 heavy (non-hydrogen) atoms. The Balaban J connectivity index is 0.000000433. The number of hydrogen-bond acceptors (Lipinski definition) is 6. The van der Waals surface area contributed by atoms with Crippen molar-refractivity contribution in [2.75, 3.05) is 24.6 Å². The maximum atomic E-state index is 12.1. The molecule has 0 bridgehead atoms. The second kappa shape index (κ2) is 8.33. The van der Waals surface area contributed by atoms with Gasteiger partial charge in [0.2, 0.25) is 0 Å². The molecule has 3 fully saturated rings. The molecule has 6 heteroatoms. The fourth-order valence-electron chi connectivity index (χ4n) is 3.92. The largest absolute Gasteiger partial charge is 0.461 e. The van der Waals surface area contributed by atoms with Crippen LogP contribution in [-0.4, -0.2) is 46.8 Å². The van der Waals surface area contributed by atoms with Crippen LogP contribution in [0, 0.1) is 12.3 Å². The molecule has 1 N–H and O–H groups in total. The number of hydrogen-bond donors (Lipinski definition) is 1. The minimum absolute atomic E-state index is 0.0833. The second-order valence-corrected chi connectivity index (χ2v) is 7.83. The number of esters is 1. The zero-order chi connectivity index (χ0) is 18.6. The quantitative estimate of drug-likeness (QED) is 0.833. The van der Waals surface area contributed by atoms with Crippen LogP contribution in [-0.2, 0) is 4.74 Å². The van der Waals surface area contributed by atoms with Crippen LogP contribution in [0.5, 0.6) is 0 Å². The molecule has 0 unspecified atom stereocenters. The molecule has 6 nitrogen and oxygen atoms in total. The summed E-state index contributed by atoms with van der Waals surface area (Å²) < 4.78 is 5.12. The Morgan fingerprint density at radius 1 is 1.27 bits per heavy atom. The van der Waals surface area contributed by atoms with E-state index in [-0.39, 0.29) is 12.1 Å². The van der Waals surface area contributed by atoms with Gasteiger partial charge in [0, 0.05) is 19.3 Å². The highest BCUT2D eigenvalue weighted by molar-refractivity contribution is 5.92. The third-order valence-corrected chi connectivity index (χ3v) is 5.68. The summed E-state index contributed by atoms with van der Waals surface area (Å²) >= 11 is 0. The highest BCUT2D eigenvalue weighted by atomic mass is 16.5. The molecule has 4 rings (SSSR count). The smallest absolute Gasteiger partial charge is 0.360 e. The highest BCUT2D eigenvalue weighted by Crippen LogP contribution is 2.46. The van der Waals surface area contributed by atoms with Crippen molar-refractivity contribution >= 4 is 11.8 Å². The summed E-state index contributed by atoms with van der Waals surface area (Å²) in [6.45, 7) is 6.00. The Kier molecular flexibility index (Phi) is 6.12. The van der Waals surface area contributed by atoms with E-state index < -0.39 is 0 Å². The van der Waals surface area contributed by atoms with Gasteiger partial charge >= 0.3 is 5.97 Å². The average Bonchev–Trinajstić information content (AvgIpc) is 3.29. The molecule has 1 aromatic rings. The first-order chi connectivity index (χ1) is 12.5. The molecule has 0 amide bonds. The van der Waals surface area contributed by atoms with Crippen LogP contribution in [0.3, 0.4) is 0 Å². The summed E-state index contributed by atoms with van der Waals surface area (Å²) in [4.78, 5) is 23.2. The monoisotopic (exact) mass is 361 g/mol. The zero-order valence-electron chi connectivity index (χ0n) is 16.0. The van der Waals surface area contributed by atoms with Gasteiger partial charge in [-0.1, -0.05) is 12.8 Å². The SMILES string of the molecule is CCOC(=O)c1ncc(C)nc1N1CCC2(CCCC2)CC1.OC1CC1. The zero-order valence-corrected chi connectivity index (χ0v) is 16.0. The molecule has 2 saturated carbocycles. The van der Waals surface area contributed by atoms with E-state index in [0.29, 0.717) is 23.5 Å². The van der Waals surface area contributed by atoms with E-state index in [0.717, 1.165) is 31.6 Å². The third kappa shape index (κ3) is 4.72. The van der Waals surface area contributed by atoms with Crippen LogP contribution in [0.2, 0.25) is 0 Å². The summed E-state index contributed by atoms with van der Waals surface area (Å²) in [7, 11) is 0. The van der Waals surface area contributed by atoms with E-state index in [2.05, 4.69) is 14.9 Å². The van der Waals surface area contributed by atoms with Gasteiger partial charge in [-0.05, 0) is 57.8 Å². The van der Waals surface area contributed by atoms with Gasteiger partial charge in [0.15, 0.2) is 11.5 Å². The lowest BCUT2D eigenvalue weighted by atomic mass is 9.77. The number of rotatable bonds is 3. The standard InChI is InChI=1S/C17H25N3O2.C3H6O/c1-3-22-16(21)14-15(19-13(2)12-18-14)20-10-8-17(9-11-20)6-4-5-7-17;4-3-1-2-3/h12H,3-11H2,1-2H3;3-4H,1-2H2. The van der Waals surface area contributed by atoms with Crippen LogP contribution >= 0.6 is 0 Å². The maximum absolute atomic E-state index is 12.1. The Morgan fingerprint density at radius 2 is 1.88 bits per heavy atom. The molecule has 0 radical (unpaired) electrons. The van der Waals surface area contributed by atoms with Crippen molar-refractivity contribution in [3.8, 4) is 0 Å². The van der Waals surface area contributed by atoms with Crippen LogP contribution in [0.4, 0.5) is 5.82 Å². The van der Waals surface area contributed by atoms with Crippen molar-refractivity contribution in [3.05, 3.63) is 17.6 Å². The summed E-state index contributed by atoms with van der Waals surface area (Å²) in [6, 6.07) is 0. The van der Waals surface area contributed by atoms with Gasteiger partial charge in [-0.15, -0.1) is 0 Å². The Morgan fingerprint density at radius 3 is 2.42 bits per heavy atom. The summed E-state index contributed by atoms with van der Waals surface area (Å²) in [5.74, 6) is 0.331. The van der Waals surface area contributed by atoms with E-state index in [1.54, 1.807) is 6.20 Å². The fraction of sp³-hybridized carbons (Fsp3) is 0.750. The second-order valence-electron chi connectivity index (χ2n) is 7.83. The van der Waals surface area contributed by atoms with Crippen LogP contribution < -0.4 is 4.90 Å². The molecule has 1 spiro atoms. The highest BCUT2D eigenvalue weighted by Gasteiger charge is 2.38. The van der Waals surface area contributed by atoms with Crippen LogP contribution in [0.25, 0.3) is 0 Å². The van der Waals surface area contributed by atoms with Crippen molar-refractivity contribution in [3.63, 3.8) is 0 Å². The van der Waals surface area contributed by atoms with Crippen molar-refractivity contribution in [2.45, 2.75) is 71.3 Å². The van der Waals surface area contributed by atoms with Crippen LogP contribution in [0.15, 0.2) is 6.20 Å². The number of anilines is 1. The van der Waals surface area contributed by atoms with Gasteiger partial charge < -0.3 is 14.7 Å². The number of aryl methyl sites for hydroxylation is 1. The summed E-state index contributed by atoms with van der Waals surface area (Å²) in [5, 5.41) is 8.17. The number of carbonyl (C=O) groups is 1. The molecule has 1 aromatic heterocycles. The number of ether oxygens (including phenoxy) is 1. The minimum atomic E-state index is -0.369. The van der Waals surface area contributed by atoms with Gasteiger partial charge in [-0.3, -0.25) is 0 Å². The molecule has 0 aromatic carbocycles. The Hall–Kier alpha value is -1.69. The van der Waals surface area contributed by atoms with E-state index in [9.17, 15) is 4.79 Å². The van der Waals surface area contributed by atoms with E-state index in [4.69, 9.17) is 9.84 Å². The van der Waals surface area contributed by atoms with Crippen molar-refractivity contribution in [2.24, 2.45) is 5.41 Å². The molecular weight excluding hydrogens is 330 g/mol. The predicted molar refractivity (Wildman–Crippen MR) is 100 cm³/mol. The van der Waals surface area contributed by atoms with Crippen molar-refractivity contribution < 1.29 is 14.6 Å². The lowest BCUT2D eigenvalue weighted by Crippen LogP contribution is -2.40. The number of carbonyl (C=O) groups excluding carboxylic acids is 1. The fourth-order valence-corrected chi connectivity index (χ4v) is 3.92. The Bertz CT molecular complexity index is 615. The lowest BCUT2D eigenvalue weighted by molar-refractivity contribution is 0.0519. The molecular formula is C20H31N3O3. The van der Waals surface area contributed by atoms with Gasteiger partial charge in [-0.25, -0.2) is 14.8 Å². The molecule has 1 aliphatic heterocycles. The summed E-state index contributed by atoms with van der Waals surface area (Å²) in [6.07, 6.45) is 11.7. The topological polar surface area (TPSA) is 75.5 Å². The number of aliphatic hydroxyl groups is 1. The third-order valence-electron chi connectivity index (χ3n) is 5.68. The first kappa shape index (κ1) is 19.1. The predicted octanol–water partition coefficient (Wildman–Crippen LogP) is 3.26. The van der Waals surface area contributed by atoms with E-state index in [1.165, 1.54) is 38.5 Å². The molecule has 144 valence electrons. The normalized spacial score (nSPS) is 21.3. The molecule has 2 aliphatic carbocycles. The average molecular weight is 361 g/mol. The Labute approximate surface area is 156 Å². The molecule has 1 saturated heterocycles. The number of aromatic nitrogens is 2. The van der Waals surface area contributed by atoms with Crippen molar-refractivity contribution in [1.82, 2.24) is 9.97 Å². The first-order valence-electron chi connectivity index (χ1n) is 9.97. The number of nitrogens with zero attached hydrogens (tertiary/aromatic N) is 3. The van der Waals surface area contributed by atoms with Gasteiger partial charge in [0.25, 0.3) is 0 Å². The van der Waals surface area contributed by atoms with Crippen molar-refractivity contribution in [1.29, 1.82) is 0 Å². The summed E-state index contributed by atoms with van der Waals surface area (Å²) in [5.41, 5.74) is 1.75. The number of piperidine rings is 1.